The molecule has 0 fully saturated rings. The summed E-state index contributed by atoms with van der Waals surface area (Å²) in [5, 5.41) is 4.87. The molecule has 0 bridgehead atoms. The van der Waals surface area contributed by atoms with Crippen LogP contribution in [0.1, 0.15) is 13.8 Å². The Balaban J connectivity index is 2.50. The number of rotatable bonds is 4. The number of aromatic nitrogens is 1. The van der Waals surface area contributed by atoms with Crippen LogP contribution < -0.4 is 20.1 Å². The van der Waals surface area contributed by atoms with Gasteiger partial charge in [0, 0.05) is 38.0 Å². The largest absolute Gasteiger partial charge is 0.377 e. The number of urea groups is 1. The maximum Gasteiger partial charge on any atom is 0.321 e. The van der Waals surface area contributed by atoms with Gasteiger partial charge in [0.25, 0.3) is 5.91 Å². The van der Waals surface area contributed by atoms with Crippen LogP contribution in [0, 0.1) is 0 Å². The molecule has 1 aromatic heterocycles. The van der Waals surface area contributed by atoms with Crippen molar-refractivity contribution in [3.8, 4) is 0 Å². The van der Waals surface area contributed by atoms with Crippen molar-refractivity contribution in [3.63, 3.8) is 0 Å². The highest BCUT2D eigenvalue weighted by Gasteiger charge is 2.13. The first-order valence-corrected chi connectivity index (χ1v) is 6.15. The maximum atomic E-state index is 11.6. The Morgan fingerprint density at radius 1 is 1.26 bits per heavy atom. The molecule has 0 aliphatic heterocycles. The van der Waals surface area contributed by atoms with Crippen LogP contribution in [0.2, 0.25) is 0 Å². The number of amides is 3. The van der Waals surface area contributed by atoms with Gasteiger partial charge in [0.05, 0.1) is 0 Å². The van der Waals surface area contributed by atoms with Crippen molar-refractivity contribution >= 4 is 17.6 Å². The molecular formula is C13H21N4O2+. The number of carbonyl (C=O) groups is 2. The third kappa shape index (κ3) is 5.37. The number of anilines is 1. The Morgan fingerprint density at radius 3 is 2.32 bits per heavy atom. The Bertz CT molecular complexity index is 440. The van der Waals surface area contributed by atoms with Gasteiger partial charge < -0.3 is 10.2 Å². The normalized spacial score (nSPS) is 10.2. The van der Waals surface area contributed by atoms with Crippen LogP contribution in [0.25, 0.3) is 0 Å². The Morgan fingerprint density at radius 2 is 1.84 bits per heavy atom. The zero-order chi connectivity index (χ0) is 14.4. The molecule has 0 aliphatic carbocycles. The van der Waals surface area contributed by atoms with E-state index in [0.717, 1.165) is 5.69 Å². The van der Waals surface area contributed by atoms with Crippen LogP contribution in [-0.2, 0) is 11.3 Å². The molecule has 1 heterocycles. The molecular weight excluding hydrogens is 244 g/mol. The van der Waals surface area contributed by atoms with E-state index < -0.39 is 6.03 Å². The number of hydrogen-bond acceptors (Lipinski definition) is 3. The summed E-state index contributed by atoms with van der Waals surface area (Å²) < 4.78 is 1.71. The fourth-order valence-electron chi connectivity index (χ4n) is 1.48. The number of imide groups is 1. The molecule has 0 atom stereocenters. The number of carbonyl (C=O) groups excluding carboxylic acids is 2. The van der Waals surface area contributed by atoms with E-state index >= 15 is 0 Å². The van der Waals surface area contributed by atoms with Gasteiger partial charge in [-0.05, 0) is 13.8 Å². The van der Waals surface area contributed by atoms with Gasteiger partial charge in [0.1, 0.15) is 0 Å². The van der Waals surface area contributed by atoms with Crippen molar-refractivity contribution < 1.29 is 14.2 Å². The lowest BCUT2D eigenvalue weighted by Gasteiger charge is -2.10. The highest BCUT2D eigenvalue weighted by molar-refractivity contribution is 5.93. The summed E-state index contributed by atoms with van der Waals surface area (Å²) in [6, 6.07) is 3.34. The summed E-state index contributed by atoms with van der Waals surface area (Å²) >= 11 is 0. The summed E-state index contributed by atoms with van der Waals surface area (Å²) in [5.41, 5.74) is 1.05. The van der Waals surface area contributed by atoms with Crippen LogP contribution in [0.4, 0.5) is 10.5 Å². The lowest BCUT2D eigenvalue weighted by atomic mass is 10.4. The van der Waals surface area contributed by atoms with Crippen LogP contribution in [0.15, 0.2) is 24.5 Å². The second-order valence-electron chi connectivity index (χ2n) is 4.80. The molecule has 0 unspecified atom stereocenters. The lowest BCUT2D eigenvalue weighted by molar-refractivity contribution is -0.684. The minimum absolute atomic E-state index is 0.000159. The van der Waals surface area contributed by atoms with Gasteiger partial charge in [-0.2, -0.15) is 4.57 Å². The van der Waals surface area contributed by atoms with Gasteiger partial charge in [-0.3, -0.25) is 10.1 Å². The molecule has 6 heteroatoms. The summed E-state index contributed by atoms with van der Waals surface area (Å²) in [6.07, 6.45) is 3.60. The smallest absolute Gasteiger partial charge is 0.321 e. The van der Waals surface area contributed by atoms with Gasteiger partial charge >= 0.3 is 6.03 Å². The van der Waals surface area contributed by atoms with Gasteiger partial charge in [0.15, 0.2) is 12.4 Å². The number of hydrogen-bond donors (Lipinski definition) is 2. The van der Waals surface area contributed by atoms with E-state index in [9.17, 15) is 9.59 Å². The quantitative estimate of drug-likeness (QED) is 0.768. The fourth-order valence-corrected chi connectivity index (χ4v) is 1.48. The highest BCUT2D eigenvalue weighted by Crippen LogP contribution is 2.05. The first-order valence-electron chi connectivity index (χ1n) is 6.15. The van der Waals surface area contributed by atoms with E-state index in [-0.39, 0.29) is 18.5 Å². The van der Waals surface area contributed by atoms with E-state index in [2.05, 4.69) is 10.6 Å². The average molecular weight is 265 g/mol. The Kier molecular flexibility index (Phi) is 5.29. The van der Waals surface area contributed by atoms with Gasteiger partial charge in [0.2, 0.25) is 6.54 Å². The first-order chi connectivity index (χ1) is 8.88. The molecule has 0 saturated heterocycles. The molecule has 19 heavy (non-hydrogen) atoms. The number of nitrogens with one attached hydrogen (secondary N) is 2. The average Bonchev–Trinajstić information content (AvgIpc) is 2.27. The van der Waals surface area contributed by atoms with E-state index in [4.69, 9.17) is 0 Å². The summed E-state index contributed by atoms with van der Waals surface area (Å²) in [7, 11) is 3.89. The van der Waals surface area contributed by atoms with Crippen LogP contribution in [0.3, 0.4) is 0 Å². The van der Waals surface area contributed by atoms with Crippen LogP contribution >= 0.6 is 0 Å². The molecule has 0 aromatic carbocycles. The molecule has 2 N–H and O–H groups in total. The first kappa shape index (κ1) is 14.9. The van der Waals surface area contributed by atoms with Crippen molar-refractivity contribution in [2.75, 3.05) is 19.0 Å². The maximum absolute atomic E-state index is 11.6. The van der Waals surface area contributed by atoms with Crippen molar-refractivity contribution in [1.82, 2.24) is 10.6 Å². The van der Waals surface area contributed by atoms with E-state index in [1.165, 1.54) is 0 Å². The molecule has 0 aliphatic rings. The van der Waals surface area contributed by atoms with Crippen molar-refractivity contribution in [1.29, 1.82) is 0 Å². The molecule has 3 amide bonds. The third-order valence-corrected chi connectivity index (χ3v) is 2.39. The molecule has 0 radical (unpaired) electrons. The van der Waals surface area contributed by atoms with Gasteiger partial charge in [-0.25, -0.2) is 4.79 Å². The summed E-state index contributed by atoms with van der Waals surface area (Å²) in [4.78, 5) is 24.9. The lowest BCUT2D eigenvalue weighted by Crippen LogP contribution is -2.48. The Labute approximate surface area is 113 Å². The molecule has 1 rings (SSSR count). The zero-order valence-corrected chi connectivity index (χ0v) is 11.8. The second-order valence-corrected chi connectivity index (χ2v) is 4.80. The number of pyridine rings is 1. The predicted octanol–water partition coefficient (Wildman–Crippen LogP) is 0.274. The van der Waals surface area contributed by atoms with Crippen LogP contribution in [-0.4, -0.2) is 32.1 Å². The third-order valence-electron chi connectivity index (χ3n) is 2.39. The summed E-state index contributed by atoms with van der Waals surface area (Å²) in [5.74, 6) is -0.347. The SMILES string of the molecule is CC(C)NC(=O)NC(=O)C[n+]1ccc(N(C)C)cc1. The van der Waals surface area contributed by atoms with E-state index in [1.807, 2.05) is 45.0 Å². The highest BCUT2D eigenvalue weighted by atomic mass is 16.2. The monoisotopic (exact) mass is 265 g/mol. The molecule has 0 spiro atoms. The minimum Gasteiger partial charge on any atom is -0.377 e. The van der Waals surface area contributed by atoms with E-state index in [0.29, 0.717) is 0 Å². The fraction of sp³-hybridized carbons (Fsp3) is 0.462. The van der Waals surface area contributed by atoms with Gasteiger partial charge in [-0.15, -0.1) is 0 Å². The minimum atomic E-state index is -0.467. The topological polar surface area (TPSA) is 65.3 Å². The van der Waals surface area contributed by atoms with E-state index in [1.54, 1.807) is 17.0 Å². The van der Waals surface area contributed by atoms with Crippen molar-refractivity contribution in [2.24, 2.45) is 0 Å². The zero-order valence-electron chi connectivity index (χ0n) is 11.8. The van der Waals surface area contributed by atoms with Crippen molar-refractivity contribution in [3.05, 3.63) is 24.5 Å². The molecule has 0 saturated carbocycles. The van der Waals surface area contributed by atoms with Gasteiger partial charge in [-0.1, -0.05) is 0 Å². The molecule has 1 aromatic rings. The Hall–Kier alpha value is -2.11. The predicted molar refractivity (Wildman–Crippen MR) is 72.8 cm³/mol. The molecule has 6 nitrogen and oxygen atoms in total. The van der Waals surface area contributed by atoms with Crippen LogP contribution in [0.5, 0.6) is 0 Å². The summed E-state index contributed by atoms with van der Waals surface area (Å²) in [6.45, 7) is 3.77. The second kappa shape index (κ2) is 6.72. The standard InChI is InChI=1S/C13H20N4O2/c1-10(2)14-13(19)15-12(18)9-17-7-5-11(6-8-17)16(3)4/h5-8,10H,9H2,1-4H3,(H-,14,15,18,19)/p+1. The number of nitrogens with zero attached hydrogens (tertiary/aromatic N) is 2. The molecule has 104 valence electrons. The van der Waals surface area contributed by atoms with Crippen molar-refractivity contribution in [2.45, 2.75) is 26.4 Å².